The van der Waals surface area contributed by atoms with Gasteiger partial charge in [-0.2, -0.15) is 5.10 Å². The number of hydrogen-bond donors (Lipinski definition) is 3. The van der Waals surface area contributed by atoms with E-state index in [4.69, 9.17) is 4.74 Å². The third kappa shape index (κ3) is 6.90. The van der Waals surface area contributed by atoms with E-state index in [1.807, 2.05) is 12.1 Å². The van der Waals surface area contributed by atoms with Crippen LogP contribution in [0.5, 0.6) is 5.75 Å². The number of carbonyl (C=O) groups is 3. The Kier molecular flexibility index (Phi) is 7.50. The van der Waals surface area contributed by atoms with Crippen molar-refractivity contribution in [3.05, 3.63) is 58.6 Å². The molecular weight excluding hydrogens is 416 g/mol. The van der Waals surface area contributed by atoms with Crippen LogP contribution in [0.25, 0.3) is 0 Å². The van der Waals surface area contributed by atoms with Crippen molar-refractivity contribution in [2.24, 2.45) is 5.10 Å². The van der Waals surface area contributed by atoms with Gasteiger partial charge >= 0.3 is 11.8 Å². The first-order chi connectivity index (χ1) is 13.0. The van der Waals surface area contributed by atoms with Gasteiger partial charge in [-0.3, -0.25) is 14.4 Å². The number of rotatable bonds is 6. The van der Waals surface area contributed by atoms with Gasteiger partial charge in [-0.15, -0.1) is 0 Å². The number of likely N-dealkylation sites (N-methyl/N-ethyl adjacent to an activating group) is 1. The highest BCUT2D eigenvalue weighted by Crippen LogP contribution is 2.14. The number of nitrogens with one attached hydrogen (secondary N) is 3. The smallest absolute Gasteiger partial charge is 0.329 e. The molecule has 0 saturated heterocycles. The maximum absolute atomic E-state index is 11.9. The fourth-order valence-corrected chi connectivity index (χ4v) is 2.12. The first-order valence-electron chi connectivity index (χ1n) is 7.81. The van der Waals surface area contributed by atoms with Crippen LogP contribution < -0.4 is 20.8 Å². The van der Waals surface area contributed by atoms with Crippen molar-refractivity contribution in [3.8, 4) is 5.75 Å². The number of anilines is 1. The van der Waals surface area contributed by atoms with E-state index in [2.05, 4.69) is 37.1 Å². The van der Waals surface area contributed by atoms with Crippen molar-refractivity contribution < 1.29 is 19.1 Å². The molecule has 0 heterocycles. The zero-order valence-electron chi connectivity index (χ0n) is 14.4. The highest BCUT2D eigenvalue weighted by molar-refractivity contribution is 9.10. The molecule has 2 aromatic carbocycles. The standard InChI is InChI=1S/C18H17BrN4O4/c1-20-17(25)18(26)23-21-10-12-2-8-15(9-3-12)27-11-16(24)22-14-6-4-13(19)5-7-14/h2-10H,11H2,1H3,(H,20,25)(H,22,24)(H,23,26)/b21-10-. The van der Waals surface area contributed by atoms with Gasteiger partial charge in [0.1, 0.15) is 5.75 Å². The molecule has 0 bridgehead atoms. The molecule has 3 N–H and O–H groups in total. The minimum Gasteiger partial charge on any atom is -0.484 e. The van der Waals surface area contributed by atoms with Crippen LogP contribution in [0, 0.1) is 0 Å². The minimum absolute atomic E-state index is 0.133. The SMILES string of the molecule is CNC(=O)C(=O)N/N=C\c1ccc(OCC(=O)Nc2ccc(Br)cc2)cc1. The maximum Gasteiger partial charge on any atom is 0.329 e. The predicted molar refractivity (Wildman–Crippen MR) is 105 cm³/mol. The number of hydrogen-bond acceptors (Lipinski definition) is 5. The van der Waals surface area contributed by atoms with Crippen molar-refractivity contribution in [3.63, 3.8) is 0 Å². The Labute approximate surface area is 164 Å². The zero-order valence-corrected chi connectivity index (χ0v) is 15.9. The number of halogens is 1. The molecule has 0 saturated carbocycles. The van der Waals surface area contributed by atoms with Gasteiger partial charge in [-0.05, 0) is 54.1 Å². The summed E-state index contributed by atoms with van der Waals surface area (Å²) < 4.78 is 6.34. The van der Waals surface area contributed by atoms with Gasteiger partial charge in [0.25, 0.3) is 5.91 Å². The molecule has 0 atom stereocenters. The van der Waals surface area contributed by atoms with Crippen LogP contribution in [-0.4, -0.2) is 37.6 Å². The highest BCUT2D eigenvalue weighted by Gasteiger charge is 2.08. The van der Waals surface area contributed by atoms with Gasteiger partial charge in [-0.1, -0.05) is 15.9 Å². The van der Waals surface area contributed by atoms with Crippen molar-refractivity contribution in [2.45, 2.75) is 0 Å². The summed E-state index contributed by atoms with van der Waals surface area (Å²) in [6.45, 7) is -0.133. The Balaban J connectivity index is 1.79. The lowest BCUT2D eigenvalue weighted by Crippen LogP contribution is -2.35. The molecule has 8 nitrogen and oxygen atoms in total. The van der Waals surface area contributed by atoms with Crippen LogP contribution >= 0.6 is 15.9 Å². The summed E-state index contributed by atoms with van der Waals surface area (Å²) >= 11 is 3.33. The molecule has 0 radical (unpaired) electrons. The van der Waals surface area contributed by atoms with Crippen molar-refractivity contribution in [1.29, 1.82) is 0 Å². The molecule has 0 aromatic heterocycles. The van der Waals surface area contributed by atoms with Crippen LogP contribution in [0.15, 0.2) is 58.1 Å². The lowest BCUT2D eigenvalue weighted by molar-refractivity contribution is -0.138. The summed E-state index contributed by atoms with van der Waals surface area (Å²) in [6.07, 6.45) is 1.38. The Hall–Kier alpha value is -3.20. The van der Waals surface area contributed by atoms with E-state index in [0.717, 1.165) is 4.47 Å². The summed E-state index contributed by atoms with van der Waals surface area (Å²) in [5.41, 5.74) is 3.45. The number of ether oxygens (including phenoxy) is 1. The topological polar surface area (TPSA) is 109 Å². The molecule has 27 heavy (non-hydrogen) atoms. The average Bonchev–Trinajstić information content (AvgIpc) is 2.68. The lowest BCUT2D eigenvalue weighted by atomic mass is 10.2. The van der Waals surface area contributed by atoms with E-state index in [9.17, 15) is 14.4 Å². The quantitative estimate of drug-likeness (QED) is 0.366. The van der Waals surface area contributed by atoms with Crippen LogP contribution in [0.3, 0.4) is 0 Å². The monoisotopic (exact) mass is 432 g/mol. The second-order valence-electron chi connectivity index (χ2n) is 5.19. The molecule has 0 aliphatic heterocycles. The van der Waals surface area contributed by atoms with Gasteiger partial charge in [0, 0.05) is 17.2 Å². The molecule has 2 aromatic rings. The number of carbonyl (C=O) groups excluding carboxylic acids is 3. The van der Waals surface area contributed by atoms with Crippen molar-refractivity contribution >= 4 is 45.6 Å². The van der Waals surface area contributed by atoms with Crippen LogP contribution in [0.4, 0.5) is 5.69 Å². The second-order valence-corrected chi connectivity index (χ2v) is 6.11. The van der Waals surface area contributed by atoms with E-state index in [1.165, 1.54) is 13.3 Å². The number of hydrazone groups is 1. The Morgan fingerprint density at radius 2 is 1.70 bits per heavy atom. The fraction of sp³-hybridized carbons (Fsp3) is 0.111. The summed E-state index contributed by atoms with van der Waals surface area (Å²) in [4.78, 5) is 34.1. The predicted octanol–water partition coefficient (Wildman–Crippen LogP) is 1.66. The summed E-state index contributed by atoms with van der Waals surface area (Å²) in [5.74, 6) is -1.41. The number of benzene rings is 2. The molecule has 0 unspecified atom stereocenters. The maximum atomic E-state index is 11.9. The van der Waals surface area contributed by atoms with Crippen molar-refractivity contribution in [2.75, 3.05) is 19.0 Å². The van der Waals surface area contributed by atoms with Gasteiger partial charge in [0.15, 0.2) is 6.61 Å². The highest BCUT2D eigenvalue weighted by atomic mass is 79.9. The summed E-state index contributed by atoms with van der Waals surface area (Å²) in [7, 11) is 1.35. The molecule has 0 spiro atoms. The van der Waals surface area contributed by atoms with Gasteiger partial charge in [-0.25, -0.2) is 5.43 Å². The number of nitrogens with zero attached hydrogens (tertiary/aromatic N) is 1. The first-order valence-corrected chi connectivity index (χ1v) is 8.60. The number of amides is 3. The molecule has 3 amide bonds. The normalized spacial score (nSPS) is 10.3. The van der Waals surface area contributed by atoms with Crippen LogP contribution in [0.2, 0.25) is 0 Å². The molecule has 9 heteroatoms. The summed E-state index contributed by atoms with van der Waals surface area (Å²) in [5, 5.41) is 8.58. The van der Waals surface area contributed by atoms with Gasteiger partial charge in [0.05, 0.1) is 6.21 Å². The minimum atomic E-state index is -0.856. The van der Waals surface area contributed by atoms with Gasteiger partial charge in [0.2, 0.25) is 0 Å². The third-order valence-corrected chi connectivity index (χ3v) is 3.72. The van der Waals surface area contributed by atoms with Crippen molar-refractivity contribution in [1.82, 2.24) is 10.7 Å². The van der Waals surface area contributed by atoms with Gasteiger partial charge < -0.3 is 15.4 Å². The molecule has 0 aliphatic carbocycles. The van der Waals surface area contributed by atoms with E-state index in [1.54, 1.807) is 36.4 Å². The summed E-state index contributed by atoms with van der Waals surface area (Å²) in [6, 6.07) is 13.9. The second kappa shape index (κ2) is 10.1. The average molecular weight is 433 g/mol. The Bertz CT molecular complexity index is 835. The molecular formula is C18H17BrN4O4. The molecule has 0 fully saturated rings. The van der Waals surface area contributed by atoms with E-state index in [0.29, 0.717) is 17.0 Å². The molecule has 2 rings (SSSR count). The third-order valence-electron chi connectivity index (χ3n) is 3.19. The van der Waals surface area contributed by atoms with E-state index >= 15 is 0 Å². The first kappa shape index (κ1) is 20.1. The molecule has 140 valence electrons. The molecule has 0 aliphatic rings. The van der Waals surface area contributed by atoms with Crippen LogP contribution in [0.1, 0.15) is 5.56 Å². The largest absolute Gasteiger partial charge is 0.484 e. The van der Waals surface area contributed by atoms with E-state index in [-0.39, 0.29) is 12.5 Å². The zero-order chi connectivity index (χ0) is 19.6. The Morgan fingerprint density at radius 3 is 2.33 bits per heavy atom. The lowest BCUT2D eigenvalue weighted by Gasteiger charge is -2.08. The van der Waals surface area contributed by atoms with E-state index < -0.39 is 11.8 Å². The Morgan fingerprint density at radius 1 is 1.04 bits per heavy atom. The fourth-order valence-electron chi connectivity index (χ4n) is 1.86. The van der Waals surface area contributed by atoms with Crippen LogP contribution in [-0.2, 0) is 14.4 Å².